The molecule has 0 bridgehead atoms. The van der Waals surface area contributed by atoms with Gasteiger partial charge in [-0.3, -0.25) is 4.79 Å². The molecule has 24 heavy (non-hydrogen) atoms. The number of carbonyl (C=O) groups is 1. The molecular formula is C20H23FN2O. The highest BCUT2D eigenvalue weighted by Gasteiger charge is 2.29. The van der Waals surface area contributed by atoms with Crippen molar-refractivity contribution < 1.29 is 9.18 Å². The Morgan fingerprint density at radius 2 is 1.88 bits per heavy atom. The average Bonchev–Trinajstić information content (AvgIpc) is 2.56. The molecule has 3 rings (SSSR count). The van der Waals surface area contributed by atoms with Crippen LogP contribution in [0.4, 0.5) is 4.39 Å². The molecule has 0 spiro atoms. The molecule has 0 saturated carbocycles. The Morgan fingerprint density at radius 3 is 2.58 bits per heavy atom. The molecule has 0 radical (unpaired) electrons. The van der Waals surface area contributed by atoms with Crippen LogP contribution in [0.2, 0.25) is 0 Å². The standard InChI is InChI=1S/C20H23FN2O/c1-14-6-8-15(9-7-14)10-16-11-17(22)13-23(12-16)20(24)18-4-2-3-5-19(18)21/h2-9,16-17H,10-13,22H2,1H3. The summed E-state index contributed by atoms with van der Waals surface area (Å²) in [5.74, 6) is -0.443. The highest BCUT2D eigenvalue weighted by atomic mass is 19.1. The van der Waals surface area contributed by atoms with Crippen molar-refractivity contribution in [3.63, 3.8) is 0 Å². The van der Waals surface area contributed by atoms with E-state index in [0.717, 1.165) is 12.8 Å². The third-order valence-electron chi connectivity index (χ3n) is 4.61. The van der Waals surface area contributed by atoms with E-state index in [-0.39, 0.29) is 17.5 Å². The fourth-order valence-corrected chi connectivity index (χ4v) is 3.42. The first kappa shape index (κ1) is 16.7. The van der Waals surface area contributed by atoms with Crippen LogP contribution < -0.4 is 5.73 Å². The van der Waals surface area contributed by atoms with Crippen molar-refractivity contribution in [2.24, 2.45) is 11.7 Å². The number of halogens is 1. The molecule has 0 aliphatic carbocycles. The quantitative estimate of drug-likeness (QED) is 0.942. The zero-order valence-electron chi connectivity index (χ0n) is 13.9. The van der Waals surface area contributed by atoms with E-state index in [9.17, 15) is 9.18 Å². The molecule has 1 fully saturated rings. The van der Waals surface area contributed by atoms with Crippen LogP contribution >= 0.6 is 0 Å². The van der Waals surface area contributed by atoms with E-state index < -0.39 is 5.82 Å². The van der Waals surface area contributed by atoms with Crippen molar-refractivity contribution in [3.05, 3.63) is 71.0 Å². The molecule has 1 saturated heterocycles. The average molecular weight is 326 g/mol. The van der Waals surface area contributed by atoms with Crippen LogP contribution in [-0.2, 0) is 6.42 Å². The van der Waals surface area contributed by atoms with Gasteiger partial charge in [0.2, 0.25) is 0 Å². The Bertz CT molecular complexity index is 714. The summed E-state index contributed by atoms with van der Waals surface area (Å²) in [4.78, 5) is 14.3. The van der Waals surface area contributed by atoms with Crippen LogP contribution in [0.1, 0.15) is 27.9 Å². The van der Waals surface area contributed by atoms with Gasteiger partial charge in [0.15, 0.2) is 0 Å². The van der Waals surface area contributed by atoms with Crippen LogP contribution in [0.5, 0.6) is 0 Å². The number of hydrogen-bond donors (Lipinski definition) is 1. The molecule has 126 valence electrons. The molecule has 2 unspecified atom stereocenters. The van der Waals surface area contributed by atoms with Crippen LogP contribution in [0.25, 0.3) is 0 Å². The van der Waals surface area contributed by atoms with Gasteiger partial charge in [-0.25, -0.2) is 4.39 Å². The SMILES string of the molecule is Cc1ccc(CC2CC(N)CN(C(=O)c3ccccc3F)C2)cc1. The number of carbonyl (C=O) groups excluding carboxylic acids is 1. The fourth-order valence-electron chi connectivity index (χ4n) is 3.42. The van der Waals surface area contributed by atoms with E-state index in [1.165, 1.54) is 23.3 Å². The van der Waals surface area contributed by atoms with Gasteiger partial charge < -0.3 is 10.6 Å². The predicted molar refractivity (Wildman–Crippen MR) is 93.3 cm³/mol. The van der Waals surface area contributed by atoms with E-state index >= 15 is 0 Å². The maximum Gasteiger partial charge on any atom is 0.256 e. The molecule has 1 heterocycles. The second kappa shape index (κ2) is 7.14. The minimum absolute atomic E-state index is 0.0649. The Hall–Kier alpha value is -2.20. The summed E-state index contributed by atoms with van der Waals surface area (Å²) in [5.41, 5.74) is 8.77. The summed E-state index contributed by atoms with van der Waals surface area (Å²) in [6, 6.07) is 14.5. The lowest BCUT2D eigenvalue weighted by molar-refractivity contribution is 0.0645. The second-order valence-corrected chi connectivity index (χ2v) is 6.74. The highest BCUT2D eigenvalue weighted by molar-refractivity contribution is 5.94. The van der Waals surface area contributed by atoms with Crippen molar-refractivity contribution in [3.8, 4) is 0 Å². The fraction of sp³-hybridized carbons (Fsp3) is 0.350. The highest BCUT2D eigenvalue weighted by Crippen LogP contribution is 2.23. The number of benzene rings is 2. The van der Waals surface area contributed by atoms with Gasteiger partial charge in [0, 0.05) is 19.1 Å². The minimum Gasteiger partial charge on any atom is -0.337 e. The lowest BCUT2D eigenvalue weighted by Crippen LogP contribution is -2.50. The Labute approximate surface area is 142 Å². The van der Waals surface area contributed by atoms with Crippen molar-refractivity contribution in [2.45, 2.75) is 25.8 Å². The number of nitrogens with two attached hydrogens (primary N) is 1. The summed E-state index contributed by atoms with van der Waals surface area (Å²) < 4.78 is 13.9. The van der Waals surface area contributed by atoms with Crippen molar-refractivity contribution in [1.82, 2.24) is 4.90 Å². The third-order valence-corrected chi connectivity index (χ3v) is 4.61. The third kappa shape index (κ3) is 3.82. The molecule has 4 heteroatoms. The largest absolute Gasteiger partial charge is 0.337 e. The second-order valence-electron chi connectivity index (χ2n) is 6.74. The summed E-state index contributed by atoms with van der Waals surface area (Å²) in [6.45, 7) is 3.17. The van der Waals surface area contributed by atoms with Crippen LogP contribution in [0, 0.1) is 18.7 Å². The first-order valence-electron chi connectivity index (χ1n) is 8.38. The molecule has 2 atom stereocenters. The zero-order valence-corrected chi connectivity index (χ0v) is 13.9. The van der Waals surface area contributed by atoms with Gasteiger partial charge in [-0.1, -0.05) is 42.0 Å². The lowest BCUT2D eigenvalue weighted by atomic mass is 9.88. The first-order chi connectivity index (χ1) is 11.5. The molecule has 1 aliphatic heterocycles. The normalized spacial score (nSPS) is 20.9. The van der Waals surface area contributed by atoms with Gasteiger partial charge in [-0.15, -0.1) is 0 Å². The number of piperidine rings is 1. The maximum absolute atomic E-state index is 13.9. The summed E-state index contributed by atoms with van der Waals surface area (Å²) in [6.07, 6.45) is 1.77. The Kier molecular flexibility index (Phi) is 4.95. The monoisotopic (exact) mass is 326 g/mol. The molecule has 2 aromatic carbocycles. The Morgan fingerprint density at radius 1 is 1.17 bits per heavy atom. The van der Waals surface area contributed by atoms with Crippen LogP contribution in [-0.4, -0.2) is 29.9 Å². The molecule has 3 nitrogen and oxygen atoms in total. The zero-order chi connectivity index (χ0) is 17.1. The minimum atomic E-state index is -0.475. The molecule has 0 aromatic heterocycles. The number of amides is 1. The molecule has 2 aromatic rings. The molecule has 1 aliphatic rings. The number of nitrogens with zero attached hydrogens (tertiary/aromatic N) is 1. The van der Waals surface area contributed by atoms with Gasteiger partial charge in [-0.2, -0.15) is 0 Å². The number of rotatable bonds is 3. The molecule has 2 N–H and O–H groups in total. The maximum atomic E-state index is 13.9. The number of hydrogen-bond acceptors (Lipinski definition) is 2. The smallest absolute Gasteiger partial charge is 0.256 e. The number of aryl methyl sites for hydroxylation is 1. The lowest BCUT2D eigenvalue weighted by Gasteiger charge is -2.36. The van der Waals surface area contributed by atoms with Crippen LogP contribution in [0.15, 0.2) is 48.5 Å². The van der Waals surface area contributed by atoms with Crippen molar-refractivity contribution >= 4 is 5.91 Å². The first-order valence-corrected chi connectivity index (χ1v) is 8.38. The molecule has 1 amide bonds. The van der Waals surface area contributed by atoms with Gasteiger partial charge >= 0.3 is 0 Å². The van der Waals surface area contributed by atoms with Gasteiger partial charge in [0.25, 0.3) is 5.91 Å². The van der Waals surface area contributed by atoms with E-state index in [1.54, 1.807) is 17.0 Å². The van der Waals surface area contributed by atoms with Gasteiger partial charge in [0.05, 0.1) is 5.56 Å². The van der Waals surface area contributed by atoms with Crippen molar-refractivity contribution in [2.75, 3.05) is 13.1 Å². The summed E-state index contributed by atoms with van der Waals surface area (Å²) in [5, 5.41) is 0. The van der Waals surface area contributed by atoms with Crippen molar-refractivity contribution in [1.29, 1.82) is 0 Å². The van der Waals surface area contributed by atoms with E-state index in [4.69, 9.17) is 5.73 Å². The van der Waals surface area contributed by atoms with Crippen LogP contribution in [0.3, 0.4) is 0 Å². The summed E-state index contributed by atoms with van der Waals surface area (Å²) in [7, 11) is 0. The van der Waals surface area contributed by atoms with E-state index in [2.05, 4.69) is 31.2 Å². The number of likely N-dealkylation sites (tertiary alicyclic amines) is 1. The van der Waals surface area contributed by atoms with Gasteiger partial charge in [0.1, 0.15) is 5.82 Å². The Balaban J connectivity index is 1.72. The predicted octanol–water partition coefficient (Wildman–Crippen LogP) is 3.17. The van der Waals surface area contributed by atoms with E-state index in [1.807, 2.05) is 0 Å². The topological polar surface area (TPSA) is 46.3 Å². The van der Waals surface area contributed by atoms with Gasteiger partial charge in [-0.05, 0) is 43.4 Å². The summed E-state index contributed by atoms with van der Waals surface area (Å²) >= 11 is 0. The van der Waals surface area contributed by atoms with E-state index in [0.29, 0.717) is 19.0 Å². The molecular weight excluding hydrogens is 303 g/mol.